The Kier molecular flexibility index (Phi) is 15.3. The second kappa shape index (κ2) is 18.9. The van der Waals surface area contributed by atoms with Crippen molar-refractivity contribution in [3.63, 3.8) is 0 Å². The highest BCUT2D eigenvalue weighted by Crippen LogP contribution is 2.48. The van der Waals surface area contributed by atoms with E-state index in [-0.39, 0.29) is 13.2 Å². The normalized spacial score (nSPS) is 22.0. The van der Waals surface area contributed by atoms with Gasteiger partial charge in [0.2, 0.25) is 5.79 Å². The first-order valence-electron chi connectivity index (χ1n) is 16.3. The summed E-state index contributed by atoms with van der Waals surface area (Å²) in [6, 6.07) is 17.5. The van der Waals surface area contributed by atoms with E-state index in [1.54, 1.807) is 7.11 Å². The Morgan fingerprint density at radius 1 is 1.00 bits per heavy atom. The molecule has 0 N–H and O–H groups in total. The monoisotopic (exact) mass is 668 g/mol. The quantitative estimate of drug-likeness (QED) is 0.0560. The summed E-state index contributed by atoms with van der Waals surface area (Å²) in [4.78, 5) is 25.1. The molecule has 2 aromatic rings. The first kappa shape index (κ1) is 38.9. The van der Waals surface area contributed by atoms with E-state index in [1.807, 2.05) is 94.4 Å². The lowest BCUT2D eigenvalue weighted by molar-refractivity contribution is -0.339. The number of methoxy groups -OCH3 is 3. The SMILES string of the molecule is CC/C=C/C(C)(C)[C@]1(OC)O[C@H](C[C@@H](OCc2ccc(OC)cc2)[C@@H](C)OCOCc2ccccc2)C/C(=C\C(=O)OC)[C@@H]1OC(C)=O. The van der Waals surface area contributed by atoms with E-state index in [2.05, 4.69) is 0 Å². The van der Waals surface area contributed by atoms with Gasteiger partial charge in [-0.05, 0) is 48.6 Å². The van der Waals surface area contributed by atoms with Gasteiger partial charge in [0.15, 0.2) is 6.10 Å². The van der Waals surface area contributed by atoms with Gasteiger partial charge in [0.05, 0.1) is 45.7 Å². The minimum Gasteiger partial charge on any atom is -0.497 e. The van der Waals surface area contributed by atoms with Gasteiger partial charge in [0.25, 0.3) is 0 Å². The Morgan fingerprint density at radius 3 is 2.29 bits per heavy atom. The fourth-order valence-electron chi connectivity index (χ4n) is 5.77. The molecule has 0 unspecified atom stereocenters. The van der Waals surface area contributed by atoms with E-state index in [9.17, 15) is 9.59 Å². The zero-order valence-electron chi connectivity index (χ0n) is 29.6. The Morgan fingerprint density at radius 2 is 1.69 bits per heavy atom. The second-order valence-electron chi connectivity index (χ2n) is 12.3. The van der Waals surface area contributed by atoms with Crippen LogP contribution in [0.4, 0.5) is 0 Å². The first-order chi connectivity index (χ1) is 23.0. The van der Waals surface area contributed by atoms with Gasteiger partial charge in [-0.3, -0.25) is 4.79 Å². The van der Waals surface area contributed by atoms with Crippen molar-refractivity contribution in [1.82, 2.24) is 0 Å². The van der Waals surface area contributed by atoms with Crippen molar-refractivity contribution in [1.29, 1.82) is 0 Å². The molecule has 48 heavy (non-hydrogen) atoms. The fourth-order valence-corrected chi connectivity index (χ4v) is 5.77. The minimum atomic E-state index is -1.49. The van der Waals surface area contributed by atoms with Gasteiger partial charge in [0, 0.05) is 31.9 Å². The number of hydrogen-bond donors (Lipinski definition) is 0. The molecule has 1 aliphatic heterocycles. The van der Waals surface area contributed by atoms with E-state index in [0.717, 1.165) is 23.3 Å². The Labute approximate surface area is 285 Å². The summed E-state index contributed by atoms with van der Waals surface area (Å²) in [5, 5.41) is 0. The van der Waals surface area contributed by atoms with Crippen molar-refractivity contribution in [2.75, 3.05) is 28.1 Å². The van der Waals surface area contributed by atoms with Gasteiger partial charge < -0.3 is 37.9 Å². The zero-order valence-corrected chi connectivity index (χ0v) is 29.6. The summed E-state index contributed by atoms with van der Waals surface area (Å²) in [5.74, 6) is -1.85. The molecule has 0 spiro atoms. The number of allylic oxidation sites excluding steroid dienone is 1. The summed E-state index contributed by atoms with van der Waals surface area (Å²) in [7, 11) is 4.44. The lowest BCUT2D eigenvalue weighted by Gasteiger charge is -2.53. The third-order valence-corrected chi connectivity index (χ3v) is 8.41. The van der Waals surface area contributed by atoms with Crippen LogP contribution >= 0.6 is 0 Å². The summed E-state index contributed by atoms with van der Waals surface area (Å²) < 4.78 is 47.7. The third kappa shape index (κ3) is 10.7. The number of carbonyl (C=O) groups excluding carboxylic acids is 2. The molecule has 0 amide bonds. The van der Waals surface area contributed by atoms with Crippen molar-refractivity contribution in [3.8, 4) is 5.75 Å². The summed E-state index contributed by atoms with van der Waals surface area (Å²) >= 11 is 0. The van der Waals surface area contributed by atoms with E-state index in [4.69, 9.17) is 37.9 Å². The number of carbonyl (C=O) groups is 2. The van der Waals surface area contributed by atoms with Crippen molar-refractivity contribution in [2.45, 2.75) is 97.3 Å². The zero-order chi connectivity index (χ0) is 35.2. The number of esters is 2. The molecule has 1 fully saturated rings. The smallest absolute Gasteiger partial charge is 0.330 e. The van der Waals surface area contributed by atoms with Crippen LogP contribution in [0.15, 0.2) is 78.4 Å². The maximum Gasteiger partial charge on any atom is 0.330 e. The number of hydrogen-bond acceptors (Lipinski definition) is 10. The van der Waals surface area contributed by atoms with Gasteiger partial charge >= 0.3 is 11.9 Å². The predicted octanol–water partition coefficient (Wildman–Crippen LogP) is 6.71. The maximum absolute atomic E-state index is 12.6. The van der Waals surface area contributed by atoms with Gasteiger partial charge in [-0.1, -0.05) is 75.4 Å². The molecule has 3 rings (SSSR count). The van der Waals surface area contributed by atoms with Crippen LogP contribution < -0.4 is 4.74 Å². The van der Waals surface area contributed by atoms with Crippen LogP contribution in [-0.4, -0.2) is 70.3 Å². The van der Waals surface area contributed by atoms with Crippen LogP contribution in [0.25, 0.3) is 0 Å². The standard InChI is InChI=1S/C38H52O10/c1-9-10-20-37(4,5)38(43-8)36(47-28(3)39)31(22-35(40)42-7)21-33(48-38)23-34(45-25-30-16-18-32(41-6)19-17-30)27(2)46-26-44-24-29-14-12-11-13-15-29/h10-20,22,27,33-34,36H,9,21,23-26H2,1-8H3/b20-10+,31-22+/t27-,33+,34-,36+,38-/m1/s1. The lowest BCUT2D eigenvalue weighted by Crippen LogP contribution is -2.63. The Hall–Kier alpha value is -3.54. The number of rotatable bonds is 18. The lowest BCUT2D eigenvalue weighted by atomic mass is 9.74. The molecule has 0 aliphatic carbocycles. The molecule has 1 saturated heterocycles. The maximum atomic E-state index is 12.6. The molecule has 0 saturated carbocycles. The van der Waals surface area contributed by atoms with Gasteiger partial charge in [0.1, 0.15) is 12.5 Å². The largest absolute Gasteiger partial charge is 0.497 e. The van der Waals surface area contributed by atoms with Crippen LogP contribution in [0, 0.1) is 5.41 Å². The van der Waals surface area contributed by atoms with Crippen LogP contribution in [0.2, 0.25) is 0 Å². The van der Waals surface area contributed by atoms with Gasteiger partial charge in [-0.25, -0.2) is 4.79 Å². The fraction of sp³-hybridized carbons (Fsp3) is 0.526. The number of ether oxygens (including phenoxy) is 8. The van der Waals surface area contributed by atoms with Crippen molar-refractivity contribution in [2.24, 2.45) is 5.41 Å². The molecule has 0 bridgehead atoms. The summed E-state index contributed by atoms with van der Waals surface area (Å²) in [6.45, 7) is 9.95. The molecular weight excluding hydrogens is 616 g/mol. The molecular formula is C38H52O10. The van der Waals surface area contributed by atoms with E-state index >= 15 is 0 Å². The van der Waals surface area contributed by atoms with Crippen molar-refractivity contribution < 1.29 is 47.5 Å². The van der Waals surface area contributed by atoms with E-state index < -0.39 is 47.6 Å². The van der Waals surface area contributed by atoms with Crippen LogP contribution in [0.1, 0.15) is 65.0 Å². The first-order valence-corrected chi connectivity index (χ1v) is 16.3. The minimum absolute atomic E-state index is 0.0584. The molecule has 1 heterocycles. The highest BCUT2D eigenvalue weighted by Gasteiger charge is 2.59. The predicted molar refractivity (Wildman–Crippen MR) is 181 cm³/mol. The molecule has 0 radical (unpaired) electrons. The van der Waals surface area contributed by atoms with Gasteiger partial charge in [-0.2, -0.15) is 0 Å². The van der Waals surface area contributed by atoms with Crippen molar-refractivity contribution in [3.05, 3.63) is 89.5 Å². The molecule has 10 heteroatoms. The van der Waals surface area contributed by atoms with Gasteiger partial charge in [-0.15, -0.1) is 0 Å². The molecule has 2 aromatic carbocycles. The van der Waals surface area contributed by atoms with E-state index in [0.29, 0.717) is 25.2 Å². The van der Waals surface area contributed by atoms with Crippen molar-refractivity contribution >= 4 is 11.9 Å². The highest BCUT2D eigenvalue weighted by atomic mass is 16.7. The molecule has 1 aliphatic rings. The molecule has 10 nitrogen and oxygen atoms in total. The average molecular weight is 669 g/mol. The number of benzene rings is 2. The molecule has 264 valence electrons. The van der Waals surface area contributed by atoms with Crippen LogP contribution in [0.5, 0.6) is 5.75 Å². The topological polar surface area (TPSA) is 108 Å². The summed E-state index contributed by atoms with van der Waals surface area (Å²) in [5.41, 5.74) is 1.70. The Bertz CT molecular complexity index is 1340. The second-order valence-corrected chi connectivity index (χ2v) is 12.3. The molecule has 5 atom stereocenters. The highest BCUT2D eigenvalue weighted by molar-refractivity contribution is 5.83. The third-order valence-electron chi connectivity index (χ3n) is 8.41. The average Bonchev–Trinajstić information content (AvgIpc) is 3.08. The Balaban J connectivity index is 1.93. The van der Waals surface area contributed by atoms with Crippen LogP contribution in [-0.2, 0) is 56.0 Å². The molecule has 0 aromatic heterocycles. The summed E-state index contributed by atoms with van der Waals surface area (Å²) in [6.07, 6.45) is 4.32. The van der Waals surface area contributed by atoms with Crippen LogP contribution in [0.3, 0.4) is 0 Å². The van der Waals surface area contributed by atoms with E-state index in [1.165, 1.54) is 27.2 Å².